The summed E-state index contributed by atoms with van der Waals surface area (Å²) in [6.07, 6.45) is 2.67. The van der Waals surface area contributed by atoms with Crippen LogP contribution in [0.3, 0.4) is 0 Å². The summed E-state index contributed by atoms with van der Waals surface area (Å²) >= 11 is 0. The standard InChI is InChI=1S/C20H22F2O2/c1-23-18-11-13-19(14-12-18)24-20(21,22)17-9-7-16(8-10-17)15-5-3-2-4-6-15/h7-15H,2-6H2,1H3. The fourth-order valence-electron chi connectivity index (χ4n) is 3.24. The number of ether oxygens (including phenoxy) is 2. The fraction of sp³-hybridized carbons (Fsp3) is 0.400. The highest BCUT2D eigenvalue weighted by molar-refractivity contribution is 5.33. The number of hydrogen-bond donors (Lipinski definition) is 0. The summed E-state index contributed by atoms with van der Waals surface area (Å²) in [6.45, 7) is 0. The molecular formula is C20H22F2O2. The Morgan fingerprint density at radius 3 is 2.00 bits per heavy atom. The summed E-state index contributed by atoms with van der Waals surface area (Å²) < 4.78 is 38.6. The molecule has 0 N–H and O–H groups in total. The zero-order chi connectivity index (χ0) is 17.0. The molecule has 0 bridgehead atoms. The van der Waals surface area contributed by atoms with Gasteiger partial charge in [0, 0.05) is 0 Å². The second kappa shape index (κ2) is 7.20. The number of methoxy groups -OCH3 is 1. The van der Waals surface area contributed by atoms with Crippen LogP contribution in [0, 0.1) is 0 Å². The highest BCUT2D eigenvalue weighted by Gasteiger charge is 2.34. The van der Waals surface area contributed by atoms with Gasteiger partial charge >= 0.3 is 6.11 Å². The topological polar surface area (TPSA) is 18.5 Å². The molecule has 0 aromatic heterocycles. The van der Waals surface area contributed by atoms with Crippen molar-refractivity contribution in [3.63, 3.8) is 0 Å². The molecule has 1 aliphatic carbocycles. The van der Waals surface area contributed by atoms with Crippen LogP contribution in [0.4, 0.5) is 8.78 Å². The predicted molar refractivity (Wildman–Crippen MR) is 89.8 cm³/mol. The van der Waals surface area contributed by atoms with Crippen LogP contribution in [0.25, 0.3) is 0 Å². The predicted octanol–water partition coefficient (Wildman–Crippen LogP) is 5.87. The van der Waals surface area contributed by atoms with Crippen molar-refractivity contribution in [3.8, 4) is 11.5 Å². The van der Waals surface area contributed by atoms with Gasteiger partial charge in [-0.25, -0.2) is 0 Å². The molecule has 4 heteroatoms. The molecule has 2 aromatic rings. The lowest BCUT2D eigenvalue weighted by molar-refractivity contribution is -0.185. The fourth-order valence-corrected chi connectivity index (χ4v) is 3.24. The van der Waals surface area contributed by atoms with Gasteiger partial charge in [0.25, 0.3) is 0 Å². The van der Waals surface area contributed by atoms with E-state index in [9.17, 15) is 8.78 Å². The van der Waals surface area contributed by atoms with E-state index in [1.807, 2.05) is 12.1 Å². The molecule has 0 heterocycles. The number of hydrogen-bond acceptors (Lipinski definition) is 2. The number of rotatable bonds is 5. The molecule has 0 spiro atoms. The maximum Gasteiger partial charge on any atom is 0.426 e. The first-order valence-corrected chi connectivity index (χ1v) is 8.40. The molecule has 128 valence electrons. The first kappa shape index (κ1) is 16.7. The van der Waals surface area contributed by atoms with E-state index in [1.165, 1.54) is 50.6 Å². The SMILES string of the molecule is COc1ccc(OC(F)(F)c2ccc(C3CCCCC3)cc2)cc1. The second-order valence-corrected chi connectivity index (χ2v) is 6.25. The minimum Gasteiger partial charge on any atom is -0.497 e. The Morgan fingerprint density at radius 2 is 1.42 bits per heavy atom. The quantitative estimate of drug-likeness (QED) is 0.681. The molecule has 0 unspecified atom stereocenters. The van der Waals surface area contributed by atoms with Gasteiger partial charge in [-0.05, 0) is 60.7 Å². The molecule has 1 aliphatic rings. The van der Waals surface area contributed by atoms with Crippen LogP contribution < -0.4 is 9.47 Å². The van der Waals surface area contributed by atoms with Crippen LogP contribution >= 0.6 is 0 Å². The summed E-state index contributed by atoms with van der Waals surface area (Å²) in [7, 11) is 1.53. The summed E-state index contributed by atoms with van der Waals surface area (Å²) in [5.41, 5.74) is 1.02. The van der Waals surface area contributed by atoms with Gasteiger partial charge in [-0.3, -0.25) is 0 Å². The average Bonchev–Trinajstić information content (AvgIpc) is 2.63. The summed E-state index contributed by atoms with van der Waals surface area (Å²) in [5.74, 6) is 1.21. The van der Waals surface area contributed by atoms with Crippen LogP contribution in [-0.2, 0) is 6.11 Å². The van der Waals surface area contributed by atoms with Crippen LogP contribution in [0.15, 0.2) is 48.5 Å². The van der Waals surface area contributed by atoms with Crippen molar-refractivity contribution in [3.05, 3.63) is 59.7 Å². The van der Waals surface area contributed by atoms with Gasteiger partial charge in [-0.2, -0.15) is 8.78 Å². The third-order valence-electron chi connectivity index (χ3n) is 4.63. The molecule has 1 fully saturated rings. The second-order valence-electron chi connectivity index (χ2n) is 6.25. The molecule has 3 rings (SSSR count). The van der Waals surface area contributed by atoms with E-state index >= 15 is 0 Å². The third kappa shape index (κ3) is 3.86. The Balaban J connectivity index is 1.71. The molecular weight excluding hydrogens is 310 g/mol. The first-order valence-electron chi connectivity index (χ1n) is 8.40. The molecule has 2 aromatic carbocycles. The molecule has 2 nitrogen and oxygen atoms in total. The minimum absolute atomic E-state index is 0.108. The Bertz CT molecular complexity index is 644. The maximum atomic E-state index is 14.3. The van der Waals surface area contributed by atoms with Gasteiger partial charge in [0.1, 0.15) is 11.5 Å². The van der Waals surface area contributed by atoms with Crippen LogP contribution in [0.1, 0.15) is 49.1 Å². The number of alkyl halides is 2. The molecule has 24 heavy (non-hydrogen) atoms. The zero-order valence-electron chi connectivity index (χ0n) is 13.8. The lowest BCUT2D eigenvalue weighted by Crippen LogP contribution is -2.22. The molecule has 0 radical (unpaired) electrons. The monoisotopic (exact) mass is 332 g/mol. The van der Waals surface area contributed by atoms with Crippen LogP contribution in [-0.4, -0.2) is 7.11 Å². The van der Waals surface area contributed by atoms with E-state index in [0.717, 1.165) is 18.4 Å². The van der Waals surface area contributed by atoms with Gasteiger partial charge in [0.2, 0.25) is 0 Å². The van der Waals surface area contributed by atoms with E-state index in [1.54, 1.807) is 12.1 Å². The highest BCUT2D eigenvalue weighted by atomic mass is 19.3. The van der Waals surface area contributed by atoms with Crippen molar-refractivity contribution in [2.24, 2.45) is 0 Å². The summed E-state index contributed by atoms with van der Waals surface area (Å²) in [6, 6.07) is 12.7. The van der Waals surface area contributed by atoms with E-state index in [-0.39, 0.29) is 11.3 Å². The molecule has 0 saturated heterocycles. The average molecular weight is 332 g/mol. The van der Waals surface area contributed by atoms with Gasteiger partial charge in [0.05, 0.1) is 12.7 Å². The van der Waals surface area contributed by atoms with E-state index in [2.05, 4.69) is 0 Å². The lowest BCUT2D eigenvalue weighted by Gasteiger charge is -2.23. The van der Waals surface area contributed by atoms with Gasteiger partial charge in [-0.15, -0.1) is 0 Å². The zero-order valence-corrected chi connectivity index (χ0v) is 13.8. The van der Waals surface area contributed by atoms with Gasteiger partial charge < -0.3 is 9.47 Å². The molecule has 0 aliphatic heterocycles. The van der Waals surface area contributed by atoms with Crippen molar-refractivity contribution < 1.29 is 18.3 Å². The first-order chi connectivity index (χ1) is 11.6. The normalized spacial score (nSPS) is 16.0. The van der Waals surface area contributed by atoms with Gasteiger partial charge in [0.15, 0.2) is 0 Å². The van der Waals surface area contributed by atoms with Crippen molar-refractivity contribution in [2.45, 2.75) is 44.1 Å². The smallest absolute Gasteiger partial charge is 0.426 e. The third-order valence-corrected chi connectivity index (χ3v) is 4.63. The van der Waals surface area contributed by atoms with Crippen molar-refractivity contribution >= 4 is 0 Å². The van der Waals surface area contributed by atoms with Crippen LogP contribution in [0.2, 0.25) is 0 Å². The van der Waals surface area contributed by atoms with Crippen molar-refractivity contribution in [1.29, 1.82) is 0 Å². The van der Waals surface area contributed by atoms with Crippen molar-refractivity contribution in [1.82, 2.24) is 0 Å². The van der Waals surface area contributed by atoms with Crippen molar-refractivity contribution in [2.75, 3.05) is 7.11 Å². The molecule has 0 atom stereocenters. The molecule has 1 saturated carbocycles. The Hall–Kier alpha value is -2.10. The number of benzene rings is 2. The number of halogens is 2. The summed E-state index contributed by atoms with van der Waals surface area (Å²) in [5, 5.41) is 0. The molecule has 0 amide bonds. The lowest BCUT2D eigenvalue weighted by atomic mass is 9.84. The highest BCUT2D eigenvalue weighted by Crippen LogP contribution is 2.36. The van der Waals surface area contributed by atoms with E-state index in [4.69, 9.17) is 9.47 Å². The largest absolute Gasteiger partial charge is 0.497 e. The van der Waals surface area contributed by atoms with Gasteiger partial charge in [-0.1, -0.05) is 31.4 Å². The van der Waals surface area contributed by atoms with E-state index in [0.29, 0.717) is 11.7 Å². The van der Waals surface area contributed by atoms with Crippen LogP contribution in [0.5, 0.6) is 11.5 Å². The Labute approximate surface area is 141 Å². The summed E-state index contributed by atoms with van der Waals surface area (Å²) in [4.78, 5) is 0. The van der Waals surface area contributed by atoms with E-state index < -0.39 is 6.11 Å². The minimum atomic E-state index is -3.36. The maximum absolute atomic E-state index is 14.3. The Kier molecular flexibility index (Phi) is 5.03. The Morgan fingerprint density at radius 1 is 0.833 bits per heavy atom.